The van der Waals surface area contributed by atoms with E-state index in [-0.39, 0.29) is 32.7 Å². The van der Waals surface area contributed by atoms with Gasteiger partial charge in [-0.3, -0.25) is 20.5 Å². The van der Waals surface area contributed by atoms with Crippen molar-refractivity contribution < 1.29 is 57.8 Å². The second-order valence-corrected chi connectivity index (χ2v) is 17.9. The minimum atomic E-state index is -1.35. The molecule has 6 N–H and O–H groups in total. The molecule has 0 saturated heterocycles. The number of nitrogens with one attached hydrogen (secondary N) is 4. The smallest absolute Gasteiger partial charge is 0.407 e. The van der Waals surface area contributed by atoms with Crippen LogP contribution in [0.4, 0.5) is 9.59 Å². The summed E-state index contributed by atoms with van der Waals surface area (Å²) >= 11 is 0. The van der Waals surface area contributed by atoms with E-state index in [1.54, 1.807) is 18.3 Å². The highest BCUT2D eigenvalue weighted by Gasteiger charge is 2.37. The van der Waals surface area contributed by atoms with Gasteiger partial charge in [-0.05, 0) is 53.4 Å². The number of aliphatic hydroxyl groups excluding tert-OH is 2. The Morgan fingerprint density at radius 2 is 1.36 bits per heavy atom. The van der Waals surface area contributed by atoms with Gasteiger partial charge in [-0.25, -0.2) is 14.6 Å². The first kappa shape index (κ1) is 58.6. The fraction of sp³-hybridized carbons (Fsp3) is 0.633. The zero-order valence-electron chi connectivity index (χ0n) is 41.3. The number of methoxy groups -OCH3 is 2. The van der Waals surface area contributed by atoms with Gasteiger partial charge >= 0.3 is 12.2 Å². The molecule has 1 aromatic heterocycles. The average Bonchev–Trinajstić information content (AvgIpc) is 3.29. The normalized spacial score (nSPS) is 14.6. The number of benzene rings is 1. The zero-order valence-corrected chi connectivity index (χ0v) is 41.3. The summed E-state index contributed by atoms with van der Waals surface area (Å²) in [6, 6.07) is 12.6. The summed E-state index contributed by atoms with van der Waals surface area (Å²) in [7, 11) is 2.85. The number of rotatable bonds is 33. The van der Waals surface area contributed by atoms with Crippen LogP contribution in [0.3, 0.4) is 0 Å². The summed E-state index contributed by atoms with van der Waals surface area (Å²) in [6.07, 6.45) is 5.27. The highest BCUT2D eigenvalue weighted by molar-refractivity contribution is 5.86. The van der Waals surface area contributed by atoms with Crippen molar-refractivity contribution in [1.82, 2.24) is 31.4 Å². The molecule has 18 heteroatoms. The van der Waals surface area contributed by atoms with Crippen molar-refractivity contribution in [2.75, 3.05) is 93.4 Å². The predicted octanol–water partition coefficient (Wildman–Crippen LogP) is 4.66. The van der Waals surface area contributed by atoms with Gasteiger partial charge in [-0.2, -0.15) is 0 Å². The van der Waals surface area contributed by atoms with Crippen LogP contribution in [-0.4, -0.2) is 162 Å². The molecule has 5 atom stereocenters. The van der Waals surface area contributed by atoms with Crippen LogP contribution in [0, 0.1) is 10.8 Å². The topological polar surface area (TPSA) is 221 Å². The molecule has 0 aliphatic carbocycles. The molecule has 0 fully saturated rings. The second-order valence-electron chi connectivity index (χ2n) is 17.9. The van der Waals surface area contributed by atoms with Gasteiger partial charge < -0.3 is 54.0 Å². The summed E-state index contributed by atoms with van der Waals surface area (Å²) in [5.74, 6) is -0.506. The monoisotopic (exact) mass is 945 g/mol. The lowest BCUT2D eigenvalue weighted by atomic mass is 9.85. The Morgan fingerprint density at radius 3 is 1.90 bits per heavy atom. The van der Waals surface area contributed by atoms with E-state index in [2.05, 4.69) is 32.4 Å². The van der Waals surface area contributed by atoms with E-state index in [0.717, 1.165) is 23.3 Å². The van der Waals surface area contributed by atoms with E-state index in [1.807, 2.05) is 109 Å². The number of hydrogen-bond donors (Lipinski definition) is 6. The van der Waals surface area contributed by atoms with Gasteiger partial charge in [0.15, 0.2) is 0 Å². The number of aromatic nitrogens is 1. The van der Waals surface area contributed by atoms with E-state index in [4.69, 9.17) is 33.2 Å². The van der Waals surface area contributed by atoms with Crippen molar-refractivity contribution in [3.05, 3.63) is 84.2 Å². The van der Waals surface area contributed by atoms with Crippen molar-refractivity contribution in [3.8, 4) is 0 Å². The van der Waals surface area contributed by atoms with Crippen LogP contribution in [0.25, 0.3) is 5.57 Å². The van der Waals surface area contributed by atoms with E-state index in [9.17, 15) is 24.6 Å². The third kappa shape index (κ3) is 25.4. The van der Waals surface area contributed by atoms with Crippen LogP contribution in [0.2, 0.25) is 0 Å². The number of aliphatic hydroxyl groups is 2. The van der Waals surface area contributed by atoms with Gasteiger partial charge in [0.1, 0.15) is 18.9 Å². The second kappa shape index (κ2) is 33.1. The van der Waals surface area contributed by atoms with E-state index in [1.165, 1.54) is 7.11 Å². The molecule has 2 aromatic rings. The molecule has 67 heavy (non-hydrogen) atoms. The van der Waals surface area contributed by atoms with Gasteiger partial charge in [-0.15, -0.1) is 0 Å². The molecule has 1 aromatic carbocycles. The molecule has 5 unspecified atom stereocenters. The SMILES string of the molecule is CCC=C(C=CCCN(CC(O)C(Cc1ccccc1)NC(O)C(NC(=O)OCCOCCOCCOCCOCCOC)C(C)(C)C)NC(=O)C(NC(=O)OC)C(C)(C)C)c1ccccn1. The number of pyridine rings is 1. The molecule has 0 bridgehead atoms. The van der Waals surface area contributed by atoms with Crippen molar-refractivity contribution >= 4 is 23.7 Å². The number of hydrazine groups is 1. The van der Waals surface area contributed by atoms with Crippen molar-refractivity contribution in [2.24, 2.45) is 10.8 Å². The lowest BCUT2D eigenvalue weighted by Gasteiger charge is -2.38. The zero-order chi connectivity index (χ0) is 49.5. The molecule has 0 aliphatic rings. The van der Waals surface area contributed by atoms with Crippen LogP contribution in [0.5, 0.6) is 0 Å². The van der Waals surface area contributed by atoms with E-state index >= 15 is 0 Å². The number of amides is 3. The lowest BCUT2D eigenvalue weighted by Crippen LogP contribution is -2.62. The van der Waals surface area contributed by atoms with Crippen molar-refractivity contribution in [2.45, 2.75) is 98.2 Å². The Labute approximate surface area is 398 Å². The van der Waals surface area contributed by atoms with Crippen molar-refractivity contribution in [3.63, 3.8) is 0 Å². The molecule has 1 heterocycles. The van der Waals surface area contributed by atoms with Crippen LogP contribution in [0.15, 0.2) is 73.0 Å². The van der Waals surface area contributed by atoms with Gasteiger partial charge in [0.2, 0.25) is 0 Å². The maximum atomic E-state index is 13.9. The quantitative estimate of drug-likeness (QED) is 0.0248. The largest absolute Gasteiger partial charge is 0.453 e. The Balaban J connectivity index is 2.16. The Bertz CT molecular complexity index is 1710. The molecule has 0 radical (unpaired) electrons. The van der Waals surface area contributed by atoms with Crippen LogP contribution in [0.1, 0.15) is 72.6 Å². The summed E-state index contributed by atoms with van der Waals surface area (Å²) in [5, 5.41) is 34.1. The molecule has 0 spiro atoms. The minimum Gasteiger partial charge on any atom is -0.453 e. The van der Waals surface area contributed by atoms with Gasteiger partial charge in [-0.1, -0.05) is 103 Å². The standard InChI is InChI=1S/C49H80N6O12/c1-10-18-38(39-22-14-16-23-50-39)21-15-17-24-55(54-45(58)43(49(5,6)7)52-46(59)62-9)36-41(56)40(35-37-19-12-11-13-20-37)51-44(57)42(48(2,3)4)53-47(60)67-34-33-66-32-31-65-30-29-64-28-27-63-26-25-61-8/h11-16,18-23,40-44,51,56-57H,10,17,24-36H2,1-9H3,(H,52,59)(H,53,60)(H,54,58). The maximum Gasteiger partial charge on any atom is 0.407 e. The highest BCUT2D eigenvalue weighted by atomic mass is 16.6. The number of carbonyl (C=O) groups excluding carboxylic acids is 3. The number of hydrogen-bond acceptors (Lipinski definition) is 15. The van der Waals surface area contributed by atoms with Gasteiger partial charge in [0.05, 0.1) is 84.4 Å². The van der Waals surface area contributed by atoms with Crippen molar-refractivity contribution in [1.29, 1.82) is 0 Å². The fourth-order valence-electron chi connectivity index (χ4n) is 6.60. The third-order valence-corrected chi connectivity index (χ3v) is 10.2. The first-order valence-electron chi connectivity index (χ1n) is 23.1. The number of alkyl carbamates (subject to hydrolysis) is 2. The van der Waals surface area contributed by atoms with E-state index in [0.29, 0.717) is 59.3 Å². The summed E-state index contributed by atoms with van der Waals surface area (Å²) < 4.78 is 37.0. The number of nitrogens with zero attached hydrogens (tertiary/aromatic N) is 2. The number of ether oxygens (including phenoxy) is 7. The average molecular weight is 945 g/mol. The minimum absolute atomic E-state index is 0.0327. The molecule has 0 saturated carbocycles. The molecule has 2 rings (SSSR count). The molecular weight excluding hydrogens is 865 g/mol. The Morgan fingerprint density at radius 1 is 0.761 bits per heavy atom. The first-order chi connectivity index (χ1) is 32.0. The Hall–Kier alpha value is -4.50. The van der Waals surface area contributed by atoms with Crippen LogP contribution >= 0.6 is 0 Å². The van der Waals surface area contributed by atoms with Gasteiger partial charge in [0.25, 0.3) is 5.91 Å². The highest BCUT2D eigenvalue weighted by Crippen LogP contribution is 2.23. The molecule has 3 amide bonds. The third-order valence-electron chi connectivity index (χ3n) is 10.2. The summed E-state index contributed by atoms with van der Waals surface area (Å²) in [6.45, 7) is 16.9. The summed E-state index contributed by atoms with van der Waals surface area (Å²) in [5.41, 5.74) is 4.21. The first-order valence-corrected chi connectivity index (χ1v) is 23.1. The van der Waals surface area contributed by atoms with Crippen LogP contribution in [-0.2, 0) is 44.4 Å². The predicted molar refractivity (Wildman–Crippen MR) is 257 cm³/mol. The van der Waals surface area contributed by atoms with E-state index < -0.39 is 59.4 Å². The molecule has 0 aliphatic heterocycles. The maximum absolute atomic E-state index is 13.9. The number of carbonyl (C=O) groups is 3. The molecule has 378 valence electrons. The van der Waals surface area contributed by atoms with Crippen LogP contribution < -0.4 is 21.4 Å². The number of allylic oxidation sites excluding steroid dienone is 3. The molecule has 18 nitrogen and oxygen atoms in total. The lowest BCUT2D eigenvalue weighted by molar-refractivity contribution is -0.131. The summed E-state index contributed by atoms with van der Waals surface area (Å²) in [4.78, 5) is 43.8. The molecular formula is C49H80N6O12. The Kier molecular flexibility index (Phi) is 28.9. The fourth-order valence-corrected chi connectivity index (χ4v) is 6.60. The van der Waals surface area contributed by atoms with Gasteiger partial charge in [0, 0.05) is 32.4 Å².